The van der Waals surface area contributed by atoms with Gasteiger partial charge in [-0.05, 0) is 54.1 Å². The van der Waals surface area contributed by atoms with Crippen LogP contribution in [-0.2, 0) is 11.2 Å². The number of benzene rings is 2. The van der Waals surface area contributed by atoms with E-state index in [2.05, 4.69) is 4.98 Å². The van der Waals surface area contributed by atoms with Crippen LogP contribution in [-0.4, -0.2) is 40.3 Å². The van der Waals surface area contributed by atoms with E-state index in [0.717, 1.165) is 33.3 Å². The lowest BCUT2D eigenvalue weighted by Crippen LogP contribution is -2.33. The van der Waals surface area contributed by atoms with Gasteiger partial charge in [0.2, 0.25) is 5.78 Å². The number of aliphatic hydroxyl groups is 1. The van der Waals surface area contributed by atoms with E-state index in [9.17, 15) is 14.7 Å². The Morgan fingerprint density at radius 3 is 2.68 bits per heavy atom. The lowest BCUT2D eigenvalue weighted by molar-refractivity contribution is -0.129. The molecule has 2 aromatic carbocycles. The number of fused-ring (bicyclic) bond motifs is 1. The number of aryl methyl sites for hydroxylation is 1. The molecule has 6 nitrogen and oxygen atoms in total. The number of aliphatic hydroxyl groups excluding tert-OH is 1. The molecule has 2 N–H and O–H groups in total. The molecule has 7 heteroatoms. The molecule has 0 bridgehead atoms. The fourth-order valence-electron chi connectivity index (χ4n) is 4.48. The Hall–Kier alpha value is -3.84. The molecule has 0 radical (unpaired) electrons. The number of rotatable bonds is 7. The van der Waals surface area contributed by atoms with Crippen molar-refractivity contribution in [1.82, 2.24) is 9.88 Å². The number of hydrogen-bond acceptors (Lipinski definition) is 5. The monoisotopic (exact) mass is 472 g/mol. The summed E-state index contributed by atoms with van der Waals surface area (Å²) < 4.78 is 5.36. The summed E-state index contributed by atoms with van der Waals surface area (Å²) in [5.74, 6) is -0.551. The van der Waals surface area contributed by atoms with Crippen molar-refractivity contribution >= 4 is 33.9 Å². The Morgan fingerprint density at radius 2 is 1.97 bits per heavy atom. The van der Waals surface area contributed by atoms with Gasteiger partial charge in [-0.2, -0.15) is 0 Å². The van der Waals surface area contributed by atoms with Gasteiger partial charge in [-0.1, -0.05) is 35.9 Å². The van der Waals surface area contributed by atoms with Crippen molar-refractivity contribution in [2.45, 2.75) is 19.4 Å². The first-order valence-corrected chi connectivity index (χ1v) is 11.9. The molecule has 1 atom stereocenters. The van der Waals surface area contributed by atoms with Crippen LogP contribution >= 0.6 is 11.3 Å². The summed E-state index contributed by atoms with van der Waals surface area (Å²) in [7, 11) is 1.63. The highest BCUT2D eigenvalue weighted by Gasteiger charge is 2.43. The van der Waals surface area contributed by atoms with Gasteiger partial charge in [0.25, 0.3) is 5.91 Å². The van der Waals surface area contributed by atoms with Crippen LogP contribution in [0.4, 0.5) is 0 Å². The number of aromatic amines is 1. The third kappa shape index (κ3) is 3.78. The van der Waals surface area contributed by atoms with Crippen molar-refractivity contribution in [3.63, 3.8) is 0 Å². The number of nitrogens with one attached hydrogen (secondary N) is 1. The lowest BCUT2D eigenvalue weighted by atomic mass is 9.94. The number of Topliss-reactive ketones (excluding diaryl/α,β-unsaturated/α-hetero) is 1. The van der Waals surface area contributed by atoms with E-state index in [-0.39, 0.29) is 11.4 Å². The summed E-state index contributed by atoms with van der Waals surface area (Å²) in [5.41, 5.74) is 4.02. The van der Waals surface area contributed by atoms with Gasteiger partial charge in [0.05, 0.1) is 23.6 Å². The van der Waals surface area contributed by atoms with Crippen molar-refractivity contribution < 1.29 is 19.4 Å². The minimum atomic E-state index is -0.651. The summed E-state index contributed by atoms with van der Waals surface area (Å²) >= 11 is 1.30. The molecule has 0 saturated carbocycles. The van der Waals surface area contributed by atoms with Crippen LogP contribution < -0.4 is 4.74 Å². The lowest BCUT2D eigenvalue weighted by Gasteiger charge is -2.27. The van der Waals surface area contributed by atoms with Gasteiger partial charge in [0, 0.05) is 23.6 Å². The number of methoxy groups -OCH3 is 1. The van der Waals surface area contributed by atoms with E-state index in [1.807, 2.05) is 61.0 Å². The van der Waals surface area contributed by atoms with Gasteiger partial charge in [-0.15, -0.1) is 11.3 Å². The van der Waals surface area contributed by atoms with Crippen LogP contribution in [0, 0.1) is 6.92 Å². The molecular formula is C27H24N2O4S. The predicted molar refractivity (Wildman–Crippen MR) is 132 cm³/mol. The average molecular weight is 473 g/mol. The molecule has 0 fully saturated rings. The molecule has 2 aromatic heterocycles. The van der Waals surface area contributed by atoms with Crippen molar-refractivity contribution in [3.8, 4) is 5.75 Å². The number of ether oxygens (including phenoxy) is 1. The standard InChI is InChI=1S/C27H24N2O4S/c1-16-5-7-17(8-6-16)24-23(25(30)22-4-3-13-34-22)26(31)27(32)29(24)12-11-18-15-28-21-10-9-19(33-2)14-20(18)21/h3-10,13-15,24,28,31H,11-12H2,1-2H3/t24-/m1/s1. The van der Waals surface area contributed by atoms with Crippen LogP contribution in [0.1, 0.15) is 32.4 Å². The number of amides is 1. The molecule has 1 aliphatic rings. The minimum absolute atomic E-state index is 0.136. The maximum absolute atomic E-state index is 13.3. The van der Waals surface area contributed by atoms with Crippen molar-refractivity contribution in [2.75, 3.05) is 13.7 Å². The predicted octanol–water partition coefficient (Wildman–Crippen LogP) is 5.37. The third-order valence-electron chi connectivity index (χ3n) is 6.28. The van der Waals surface area contributed by atoms with Crippen LogP contribution in [0.2, 0.25) is 0 Å². The van der Waals surface area contributed by atoms with E-state index < -0.39 is 17.7 Å². The number of hydrogen-bond donors (Lipinski definition) is 2. The van der Waals surface area contributed by atoms with E-state index in [0.29, 0.717) is 17.8 Å². The molecule has 5 rings (SSSR count). The number of carbonyl (C=O) groups is 2. The van der Waals surface area contributed by atoms with Gasteiger partial charge < -0.3 is 19.7 Å². The summed E-state index contributed by atoms with van der Waals surface area (Å²) in [4.78, 5) is 31.9. The SMILES string of the molecule is COc1ccc2[nH]cc(CCN3C(=O)C(O)=C(C(=O)c4cccs4)[C@H]3c3ccc(C)cc3)c2c1. The number of thiophene rings is 1. The maximum Gasteiger partial charge on any atom is 0.290 e. The highest BCUT2D eigenvalue weighted by atomic mass is 32.1. The molecule has 1 aliphatic heterocycles. The van der Waals surface area contributed by atoms with Gasteiger partial charge in [0.1, 0.15) is 5.75 Å². The third-order valence-corrected chi connectivity index (χ3v) is 7.15. The topological polar surface area (TPSA) is 82.6 Å². The number of ketones is 1. The van der Waals surface area contributed by atoms with Crippen LogP contribution in [0.3, 0.4) is 0 Å². The van der Waals surface area contributed by atoms with Crippen LogP contribution in [0.15, 0.2) is 77.5 Å². The van der Waals surface area contributed by atoms with Gasteiger partial charge in [-0.25, -0.2) is 0 Å². The van der Waals surface area contributed by atoms with Gasteiger partial charge in [-0.3, -0.25) is 9.59 Å². The highest BCUT2D eigenvalue weighted by Crippen LogP contribution is 2.40. The van der Waals surface area contributed by atoms with Crippen LogP contribution in [0.25, 0.3) is 10.9 Å². The van der Waals surface area contributed by atoms with Gasteiger partial charge >= 0.3 is 0 Å². The van der Waals surface area contributed by atoms with E-state index >= 15 is 0 Å². The first-order valence-electron chi connectivity index (χ1n) is 11.0. The summed E-state index contributed by atoms with van der Waals surface area (Å²) in [6, 6.07) is 16.4. The number of H-pyrrole nitrogens is 1. The minimum Gasteiger partial charge on any atom is -0.503 e. The molecule has 3 heterocycles. The molecule has 1 amide bonds. The summed E-state index contributed by atoms with van der Waals surface area (Å²) in [5, 5.41) is 13.7. The quantitative estimate of drug-likeness (QED) is 0.355. The Morgan fingerprint density at radius 1 is 1.18 bits per heavy atom. The van der Waals surface area contributed by atoms with Crippen molar-refractivity contribution in [2.24, 2.45) is 0 Å². The zero-order valence-corrected chi connectivity index (χ0v) is 19.7. The zero-order valence-electron chi connectivity index (χ0n) is 18.9. The largest absolute Gasteiger partial charge is 0.503 e. The second-order valence-electron chi connectivity index (χ2n) is 8.36. The van der Waals surface area contributed by atoms with Crippen molar-refractivity contribution in [3.05, 3.63) is 99.1 Å². The normalized spacial score (nSPS) is 16.0. The molecule has 34 heavy (non-hydrogen) atoms. The van der Waals surface area contributed by atoms with E-state index in [4.69, 9.17) is 4.74 Å². The Labute approximate surface area is 201 Å². The summed E-state index contributed by atoms with van der Waals surface area (Å²) in [6.07, 6.45) is 2.48. The zero-order chi connectivity index (χ0) is 23.8. The molecule has 4 aromatic rings. The maximum atomic E-state index is 13.3. The smallest absolute Gasteiger partial charge is 0.290 e. The molecule has 172 valence electrons. The first-order chi connectivity index (χ1) is 16.5. The second-order valence-corrected chi connectivity index (χ2v) is 9.30. The van der Waals surface area contributed by atoms with Crippen molar-refractivity contribution in [1.29, 1.82) is 0 Å². The fraction of sp³-hybridized carbons (Fsp3) is 0.185. The van der Waals surface area contributed by atoms with Crippen LogP contribution in [0.5, 0.6) is 5.75 Å². The summed E-state index contributed by atoms with van der Waals surface area (Å²) in [6.45, 7) is 2.32. The first kappa shape index (κ1) is 22.0. The fourth-order valence-corrected chi connectivity index (χ4v) is 5.16. The Bertz CT molecular complexity index is 1400. The molecule has 0 unspecified atom stereocenters. The van der Waals surface area contributed by atoms with E-state index in [1.165, 1.54) is 11.3 Å². The Balaban J connectivity index is 1.50. The Kier molecular flexibility index (Phi) is 5.71. The second kappa shape index (κ2) is 8.83. The number of nitrogens with zero attached hydrogens (tertiary/aromatic N) is 1. The molecular weight excluding hydrogens is 448 g/mol. The highest BCUT2D eigenvalue weighted by molar-refractivity contribution is 7.12. The molecule has 0 spiro atoms. The van der Waals surface area contributed by atoms with E-state index in [1.54, 1.807) is 24.1 Å². The number of carbonyl (C=O) groups excluding carboxylic acids is 2. The average Bonchev–Trinajstić information content (AvgIpc) is 3.58. The van der Waals surface area contributed by atoms with Gasteiger partial charge in [0.15, 0.2) is 5.76 Å². The molecule has 0 aliphatic carbocycles. The molecule has 0 saturated heterocycles. The number of aromatic nitrogens is 1.